The molecule has 0 aromatic carbocycles. The summed E-state index contributed by atoms with van der Waals surface area (Å²) in [6.07, 6.45) is 0.743. The summed E-state index contributed by atoms with van der Waals surface area (Å²) in [6.45, 7) is 5.33. The van der Waals surface area contributed by atoms with Gasteiger partial charge in [0.2, 0.25) is 0 Å². The maximum absolute atomic E-state index is 12.3. The molecule has 0 spiro atoms. The van der Waals surface area contributed by atoms with Crippen molar-refractivity contribution in [2.45, 2.75) is 6.92 Å². The summed E-state index contributed by atoms with van der Waals surface area (Å²) in [5.41, 5.74) is 0. The molecule has 0 radical (unpaired) electrons. The summed E-state index contributed by atoms with van der Waals surface area (Å²) in [5, 5.41) is 0. The summed E-state index contributed by atoms with van der Waals surface area (Å²) < 4.78 is 12.3. The van der Waals surface area contributed by atoms with E-state index in [-0.39, 0.29) is 0 Å². The summed E-state index contributed by atoms with van der Waals surface area (Å²) >= 11 is 0. The van der Waals surface area contributed by atoms with E-state index in [0.29, 0.717) is 0 Å². The fraction of sp³-hybridized carbons (Fsp3) is 1.00. The molecule has 0 rings (SSSR count). The Morgan fingerprint density at radius 2 is 1.67 bits per heavy atom. The third-order valence-corrected chi connectivity index (χ3v) is 2.52. The van der Waals surface area contributed by atoms with Crippen molar-refractivity contribution in [3.8, 4) is 0 Å². The standard InChI is InChI=1S/C4H12FP/c1-4-6(2,3)5/h6H,4H2,1-3H3. The molecule has 0 N–H and O–H groups in total. The molecule has 0 bridgehead atoms. The van der Waals surface area contributed by atoms with Crippen molar-refractivity contribution >= 4 is 7.57 Å². The SMILES string of the molecule is CC[PH](C)(C)F. The van der Waals surface area contributed by atoms with E-state index >= 15 is 0 Å². The van der Waals surface area contributed by atoms with Crippen LogP contribution in [0, 0.1) is 0 Å². The molecule has 0 aromatic heterocycles. The zero-order valence-electron chi connectivity index (χ0n) is 4.59. The van der Waals surface area contributed by atoms with Crippen molar-refractivity contribution in [1.82, 2.24) is 0 Å². The first kappa shape index (κ1) is 6.36. The van der Waals surface area contributed by atoms with E-state index < -0.39 is 7.57 Å². The average molecular weight is 110 g/mol. The molecule has 0 saturated heterocycles. The summed E-state index contributed by atoms with van der Waals surface area (Å²) in [5.74, 6) is 0. The number of rotatable bonds is 1. The van der Waals surface area contributed by atoms with Crippen LogP contribution in [-0.4, -0.2) is 19.5 Å². The van der Waals surface area contributed by atoms with E-state index in [2.05, 4.69) is 0 Å². The Kier molecular flexibility index (Phi) is 1.99. The van der Waals surface area contributed by atoms with Gasteiger partial charge < -0.3 is 0 Å². The van der Waals surface area contributed by atoms with Gasteiger partial charge in [0.15, 0.2) is 0 Å². The Balaban J connectivity index is 3.17. The summed E-state index contributed by atoms with van der Waals surface area (Å²) in [7, 11) is -2.13. The first-order chi connectivity index (χ1) is 2.56. The van der Waals surface area contributed by atoms with E-state index in [1.165, 1.54) is 0 Å². The van der Waals surface area contributed by atoms with E-state index in [0.717, 1.165) is 6.16 Å². The third kappa shape index (κ3) is 4.36. The van der Waals surface area contributed by atoms with Crippen molar-refractivity contribution in [3.05, 3.63) is 0 Å². The normalized spacial score (nSPS) is 14.7. The quantitative estimate of drug-likeness (QED) is 0.452. The molecular weight excluding hydrogens is 98.0 g/mol. The van der Waals surface area contributed by atoms with Crippen LogP contribution < -0.4 is 0 Å². The Labute approximate surface area is 39.2 Å². The summed E-state index contributed by atoms with van der Waals surface area (Å²) in [4.78, 5) is 0. The van der Waals surface area contributed by atoms with Gasteiger partial charge in [-0.15, -0.1) is 0 Å². The third-order valence-electron chi connectivity index (χ3n) is 0.841. The van der Waals surface area contributed by atoms with Gasteiger partial charge in [0.1, 0.15) is 0 Å². The van der Waals surface area contributed by atoms with Gasteiger partial charge in [0, 0.05) is 0 Å². The molecule has 0 nitrogen and oxygen atoms in total. The van der Waals surface area contributed by atoms with Crippen LogP contribution in [0.25, 0.3) is 0 Å². The van der Waals surface area contributed by atoms with Crippen molar-refractivity contribution in [3.63, 3.8) is 0 Å². The second-order valence-corrected chi connectivity index (χ2v) is 6.22. The molecule has 0 aromatic rings. The van der Waals surface area contributed by atoms with Gasteiger partial charge in [-0.05, 0) is 0 Å². The molecule has 6 heavy (non-hydrogen) atoms. The minimum absolute atomic E-state index is 0.743. The molecule has 0 saturated carbocycles. The zero-order chi connectivity index (χ0) is 5.21. The molecule has 0 atom stereocenters. The van der Waals surface area contributed by atoms with Gasteiger partial charge in [-0.3, -0.25) is 0 Å². The molecule has 0 amide bonds. The average Bonchev–Trinajstić information content (AvgIpc) is 1.35. The molecule has 40 valence electrons. The van der Waals surface area contributed by atoms with Gasteiger partial charge in [-0.25, -0.2) is 0 Å². The van der Waals surface area contributed by atoms with Crippen LogP contribution in [-0.2, 0) is 0 Å². The number of hydrogen-bond donors (Lipinski definition) is 0. The van der Waals surface area contributed by atoms with Crippen molar-refractivity contribution in [2.75, 3.05) is 19.5 Å². The number of hydrogen-bond acceptors (Lipinski definition) is 0. The predicted octanol–water partition coefficient (Wildman–Crippen LogP) is 1.90. The predicted molar refractivity (Wildman–Crippen MR) is 31.8 cm³/mol. The molecule has 0 unspecified atom stereocenters. The number of halogens is 1. The van der Waals surface area contributed by atoms with Gasteiger partial charge in [-0.2, -0.15) is 0 Å². The Hall–Kier alpha value is 0.360. The first-order valence-corrected chi connectivity index (χ1v) is 5.33. The summed E-state index contributed by atoms with van der Waals surface area (Å²) in [6, 6.07) is 0. The zero-order valence-corrected chi connectivity index (χ0v) is 5.59. The van der Waals surface area contributed by atoms with E-state index in [1.807, 2.05) is 6.92 Å². The van der Waals surface area contributed by atoms with Crippen LogP contribution in [0.1, 0.15) is 6.92 Å². The van der Waals surface area contributed by atoms with Crippen LogP contribution in [0.2, 0.25) is 0 Å². The van der Waals surface area contributed by atoms with Crippen LogP contribution >= 0.6 is 7.57 Å². The molecule has 0 heterocycles. The Morgan fingerprint density at radius 3 is 1.67 bits per heavy atom. The van der Waals surface area contributed by atoms with Crippen molar-refractivity contribution < 1.29 is 4.20 Å². The fourth-order valence-electron chi connectivity index (χ4n) is 0. The van der Waals surface area contributed by atoms with Crippen LogP contribution in [0.3, 0.4) is 0 Å². The molecule has 0 fully saturated rings. The van der Waals surface area contributed by atoms with Crippen molar-refractivity contribution in [2.24, 2.45) is 0 Å². The van der Waals surface area contributed by atoms with Crippen LogP contribution in [0.4, 0.5) is 4.20 Å². The fourth-order valence-corrected chi connectivity index (χ4v) is 0. The Morgan fingerprint density at radius 1 is 1.50 bits per heavy atom. The second kappa shape index (κ2) is 1.88. The van der Waals surface area contributed by atoms with E-state index in [9.17, 15) is 4.20 Å². The Bertz CT molecular complexity index is 37.3. The molecule has 0 aliphatic rings. The van der Waals surface area contributed by atoms with E-state index in [1.54, 1.807) is 13.3 Å². The van der Waals surface area contributed by atoms with Gasteiger partial charge in [0.25, 0.3) is 0 Å². The van der Waals surface area contributed by atoms with Crippen LogP contribution in [0.15, 0.2) is 0 Å². The minimum atomic E-state index is -2.13. The molecular formula is C4H12FP. The van der Waals surface area contributed by atoms with Gasteiger partial charge in [-0.1, -0.05) is 0 Å². The maximum atomic E-state index is 12.3. The molecule has 0 aliphatic carbocycles. The van der Waals surface area contributed by atoms with Gasteiger partial charge >= 0.3 is 38.2 Å². The monoisotopic (exact) mass is 110 g/mol. The van der Waals surface area contributed by atoms with Crippen molar-refractivity contribution in [1.29, 1.82) is 0 Å². The molecule has 2 heteroatoms. The van der Waals surface area contributed by atoms with Crippen LogP contribution in [0.5, 0.6) is 0 Å². The first-order valence-electron chi connectivity index (χ1n) is 2.25. The molecule has 0 aliphatic heterocycles. The second-order valence-electron chi connectivity index (χ2n) is 2.07. The van der Waals surface area contributed by atoms with E-state index in [4.69, 9.17) is 0 Å². The van der Waals surface area contributed by atoms with Gasteiger partial charge in [0.05, 0.1) is 0 Å². The topological polar surface area (TPSA) is 0 Å².